The van der Waals surface area contributed by atoms with E-state index in [0.717, 1.165) is 69.0 Å². The lowest BCUT2D eigenvalue weighted by Crippen LogP contribution is -2.03. The van der Waals surface area contributed by atoms with Gasteiger partial charge in [-0.2, -0.15) is 0 Å². The van der Waals surface area contributed by atoms with Gasteiger partial charge in [0.15, 0.2) is 0 Å². The number of aliphatic hydroxyl groups is 1. The zero-order valence-electron chi connectivity index (χ0n) is 29.6. The number of aliphatic hydroxyl groups excluding tert-OH is 1. The SMILES string of the molecule is CCCC(O)c1ccc(Br)cc1.CCCC(c1ccc(Br)cc1)c1ccccc1OC.[CH2+]CCC(c1ccc(Br)cc1)c1ccc(OC)cc1. The van der Waals surface area contributed by atoms with Crippen LogP contribution in [-0.2, 0) is 0 Å². The first-order chi connectivity index (χ1) is 24.2. The standard InChI is InChI=1S/C17H19BrO.C17H18BrO.C10H13BrO/c1-3-6-15(13-9-11-14(18)12-10-13)16-7-4-5-8-17(16)19-2;1-3-4-17(13-5-9-15(18)10-6-13)14-7-11-16(19-2)12-8-14;1-2-3-10(12)8-4-6-9(11)7-5-8/h4-5,7-12,15H,3,6H2,1-2H3;5-12,17H,1,3-4H2,2H3;4-7,10,12H,2-3H2,1H3/q;+1;. The molecule has 0 saturated heterocycles. The number of methoxy groups -OCH3 is 2. The average Bonchev–Trinajstić information content (AvgIpc) is 3.15. The third-order valence-electron chi connectivity index (χ3n) is 8.46. The third-order valence-corrected chi connectivity index (χ3v) is 10.1. The quantitative estimate of drug-likeness (QED) is 0.120. The molecular formula is C44H50Br3O3+. The first-order valence-electron chi connectivity index (χ1n) is 17.2. The Kier molecular flexibility index (Phi) is 18.8. The maximum atomic E-state index is 9.60. The van der Waals surface area contributed by atoms with Gasteiger partial charge >= 0.3 is 0 Å². The summed E-state index contributed by atoms with van der Waals surface area (Å²) in [5.74, 6) is 2.67. The number of ether oxygens (including phenoxy) is 2. The van der Waals surface area contributed by atoms with Crippen molar-refractivity contribution >= 4 is 47.8 Å². The Balaban J connectivity index is 0.000000209. The highest BCUT2D eigenvalue weighted by atomic mass is 79.9. The summed E-state index contributed by atoms with van der Waals surface area (Å²) in [7, 11) is 3.43. The molecule has 5 aromatic rings. The van der Waals surface area contributed by atoms with E-state index in [1.165, 1.54) is 22.3 Å². The summed E-state index contributed by atoms with van der Waals surface area (Å²) in [6.45, 7) is 8.29. The van der Waals surface area contributed by atoms with Gasteiger partial charge in [-0.05, 0) is 96.1 Å². The minimum Gasteiger partial charge on any atom is -0.497 e. The van der Waals surface area contributed by atoms with Crippen LogP contribution in [0.25, 0.3) is 0 Å². The maximum absolute atomic E-state index is 9.60. The molecule has 5 rings (SSSR count). The van der Waals surface area contributed by atoms with Crippen molar-refractivity contribution in [3.8, 4) is 11.5 Å². The molecule has 0 aliphatic rings. The summed E-state index contributed by atoms with van der Waals surface area (Å²) in [5.41, 5.74) is 6.26. The molecule has 264 valence electrons. The molecule has 0 heterocycles. The van der Waals surface area contributed by atoms with Crippen LogP contribution in [0.2, 0.25) is 0 Å². The van der Waals surface area contributed by atoms with E-state index >= 15 is 0 Å². The van der Waals surface area contributed by atoms with Gasteiger partial charge in [0.25, 0.3) is 0 Å². The van der Waals surface area contributed by atoms with Gasteiger partial charge in [0, 0.05) is 30.8 Å². The molecule has 0 aliphatic carbocycles. The Morgan fingerprint density at radius 3 is 1.42 bits per heavy atom. The predicted molar refractivity (Wildman–Crippen MR) is 221 cm³/mol. The minimum absolute atomic E-state index is 0.303. The van der Waals surface area contributed by atoms with Crippen molar-refractivity contribution in [1.29, 1.82) is 0 Å². The zero-order valence-corrected chi connectivity index (χ0v) is 34.4. The van der Waals surface area contributed by atoms with Crippen molar-refractivity contribution in [1.82, 2.24) is 0 Å². The summed E-state index contributed by atoms with van der Waals surface area (Å²) in [4.78, 5) is 0. The molecule has 3 nitrogen and oxygen atoms in total. The number of halogens is 3. The number of para-hydroxylation sites is 1. The fourth-order valence-corrected chi connectivity index (χ4v) is 6.62. The molecule has 50 heavy (non-hydrogen) atoms. The third kappa shape index (κ3) is 13.3. The van der Waals surface area contributed by atoms with Crippen LogP contribution < -0.4 is 9.47 Å². The lowest BCUT2D eigenvalue weighted by molar-refractivity contribution is 0.166. The molecule has 0 bridgehead atoms. The minimum atomic E-state index is -0.303. The number of rotatable bonds is 13. The summed E-state index contributed by atoms with van der Waals surface area (Å²) in [6, 6.07) is 41.6. The highest BCUT2D eigenvalue weighted by molar-refractivity contribution is 9.11. The van der Waals surface area contributed by atoms with Crippen molar-refractivity contribution in [3.05, 3.63) is 169 Å². The van der Waals surface area contributed by atoms with Crippen molar-refractivity contribution < 1.29 is 14.6 Å². The second-order valence-corrected chi connectivity index (χ2v) is 14.8. The van der Waals surface area contributed by atoms with Gasteiger partial charge in [0.05, 0.1) is 33.7 Å². The average molecular weight is 867 g/mol. The van der Waals surface area contributed by atoms with Gasteiger partial charge in [-0.1, -0.05) is 141 Å². The molecule has 0 aromatic heterocycles. The normalized spacial score (nSPS) is 12.3. The lowest BCUT2D eigenvalue weighted by atomic mass is 9.87. The molecule has 0 radical (unpaired) electrons. The molecule has 5 aromatic carbocycles. The highest BCUT2D eigenvalue weighted by Gasteiger charge is 2.17. The van der Waals surface area contributed by atoms with Crippen molar-refractivity contribution in [2.24, 2.45) is 0 Å². The van der Waals surface area contributed by atoms with E-state index in [9.17, 15) is 5.11 Å². The monoisotopic (exact) mass is 863 g/mol. The van der Waals surface area contributed by atoms with Gasteiger partial charge in [0.2, 0.25) is 0 Å². The number of hydrogen-bond acceptors (Lipinski definition) is 3. The fraction of sp³-hybridized carbons (Fsp3) is 0.295. The maximum Gasteiger partial charge on any atom is 0.122 e. The largest absolute Gasteiger partial charge is 0.497 e. The van der Waals surface area contributed by atoms with E-state index in [2.05, 4.69) is 141 Å². The lowest BCUT2D eigenvalue weighted by Gasteiger charge is -2.20. The van der Waals surface area contributed by atoms with Crippen molar-refractivity contribution in [2.45, 2.75) is 70.3 Å². The molecule has 3 unspecified atom stereocenters. The zero-order chi connectivity index (χ0) is 36.3. The summed E-state index contributed by atoms with van der Waals surface area (Å²) in [5, 5.41) is 9.60. The second-order valence-electron chi connectivity index (χ2n) is 12.0. The smallest absolute Gasteiger partial charge is 0.122 e. The van der Waals surface area contributed by atoms with Gasteiger partial charge in [-0.3, -0.25) is 0 Å². The topological polar surface area (TPSA) is 38.7 Å². The summed E-state index contributed by atoms with van der Waals surface area (Å²) < 4.78 is 14.0. The van der Waals surface area contributed by atoms with E-state index in [0.29, 0.717) is 11.8 Å². The van der Waals surface area contributed by atoms with E-state index < -0.39 is 0 Å². The Morgan fingerprint density at radius 2 is 0.980 bits per heavy atom. The fourth-order valence-electron chi connectivity index (χ4n) is 5.83. The molecular weight excluding hydrogens is 816 g/mol. The Bertz CT molecular complexity index is 1640. The molecule has 1 N–H and O–H groups in total. The molecule has 0 amide bonds. The Morgan fingerprint density at radius 1 is 0.540 bits per heavy atom. The van der Waals surface area contributed by atoms with Gasteiger partial charge in [0.1, 0.15) is 11.5 Å². The van der Waals surface area contributed by atoms with Crippen LogP contribution in [0.4, 0.5) is 0 Å². The number of hydrogen-bond donors (Lipinski definition) is 1. The first kappa shape index (κ1) is 41.4. The molecule has 6 heteroatoms. The van der Waals surface area contributed by atoms with E-state index in [1.54, 1.807) is 14.2 Å². The molecule has 3 atom stereocenters. The molecule has 0 aliphatic heterocycles. The van der Waals surface area contributed by atoms with Crippen LogP contribution in [0.1, 0.15) is 98.1 Å². The van der Waals surface area contributed by atoms with E-state index in [1.807, 2.05) is 48.5 Å². The Labute approximate surface area is 325 Å². The summed E-state index contributed by atoms with van der Waals surface area (Å²) in [6.07, 6.45) is 5.79. The molecule has 0 saturated carbocycles. The van der Waals surface area contributed by atoms with E-state index in [-0.39, 0.29) is 6.10 Å². The van der Waals surface area contributed by atoms with E-state index in [4.69, 9.17) is 9.47 Å². The van der Waals surface area contributed by atoms with Crippen molar-refractivity contribution in [2.75, 3.05) is 14.2 Å². The van der Waals surface area contributed by atoms with Crippen molar-refractivity contribution in [3.63, 3.8) is 0 Å². The van der Waals surface area contributed by atoms with Crippen LogP contribution in [0, 0.1) is 6.92 Å². The number of benzene rings is 5. The van der Waals surface area contributed by atoms with Gasteiger partial charge in [-0.15, -0.1) is 0 Å². The first-order valence-corrected chi connectivity index (χ1v) is 19.6. The van der Waals surface area contributed by atoms with Crippen LogP contribution in [0.5, 0.6) is 11.5 Å². The van der Waals surface area contributed by atoms with Gasteiger partial charge in [-0.25, -0.2) is 0 Å². The van der Waals surface area contributed by atoms with Crippen LogP contribution in [0.15, 0.2) is 135 Å². The molecule has 0 spiro atoms. The van der Waals surface area contributed by atoms with Crippen LogP contribution >= 0.6 is 47.8 Å². The molecule has 0 fully saturated rings. The van der Waals surface area contributed by atoms with Crippen LogP contribution in [-0.4, -0.2) is 19.3 Å². The summed E-state index contributed by atoms with van der Waals surface area (Å²) >= 11 is 10.3. The predicted octanol–water partition coefficient (Wildman–Crippen LogP) is 13.9. The Hall–Kier alpha value is -3.03. The van der Waals surface area contributed by atoms with Gasteiger partial charge < -0.3 is 14.6 Å². The second kappa shape index (κ2) is 22.7. The highest BCUT2D eigenvalue weighted by Crippen LogP contribution is 2.36. The van der Waals surface area contributed by atoms with Crippen LogP contribution in [0.3, 0.4) is 0 Å².